The molecule has 0 saturated heterocycles. The highest BCUT2D eigenvalue weighted by atomic mass is 16.2. The number of nitrogens with one attached hydrogen (secondary N) is 2. The van der Waals surface area contributed by atoms with Crippen molar-refractivity contribution in [2.24, 2.45) is 0 Å². The van der Waals surface area contributed by atoms with Crippen molar-refractivity contribution >= 4 is 0 Å². The summed E-state index contributed by atoms with van der Waals surface area (Å²) in [5.74, 6) is 1.99. The van der Waals surface area contributed by atoms with Crippen LogP contribution in [0, 0.1) is 23.4 Å². The van der Waals surface area contributed by atoms with Crippen LogP contribution in [0.5, 0.6) is 0 Å². The van der Waals surface area contributed by atoms with Crippen molar-refractivity contribution in [3.05, 3.63) is 0 Å². The molecular weight excluding hydrogens is 94.1 g/mol. The Kier molecular flexibility index (Phi) is 28.0. The van der Waals surface area contributed by atoms with Crippen molar-refractivity contribution in [3.63, 3.8) is 0 Å². The molecule has 0 atom stereocenters. The second-order valence-corrected chi connectivity index (χ2v) is 0.474. The van der Waals surface area contributed by atoms with Crippen LogP contribution in [0.3, 0.4) is 0 Å². The maximum atomic E-state index is 7.64. The van der Waals surface area contributed by atoms with Gasteiger partial charge in [-0.15, -0.1) is 6.42 Å². The summed E-state index contributed by atoms with van der Waals surface area (Å²) >= 11 is 0. The van der Waals surface area contributed by atoms with Crippen molar-refractivity contribution in [1.82, 2.24) is 4.91 Å². The molecule has 0 aliphatic heterocycles. The molecule has 0 aromatic heterocycles. The first-order valence-electron chi connectivity index (χ1n) is 1.41. The molecule has 0 spiro atoms. The van der Waals surface area contributed by atoms with Gasteiger partial charge in [0.1, 0.15) is 17.7 Å². The van der Waals surface area contributed by atoms with Gasteiger partial charge in [-0.3, -0.25) is 0 Å². The minimum Gasteiger partial charge on any atom is -0.384 e. The maximum absolute atomic E-state index is 7.64. The first-order chi connectivity index (χ1) is 3.33. The average Bonchev–Trinajstić information content (AvgIpc) is 1.69. The Labute approximate surface area is 41.2 Å². The lowest BCUT2D eigenvalue weighted by atomic mass is 10.8. The van der Waals surface area contributed by atoms with Crippen LogP contribution in [0.1, 0.15) is 0 Å². The molecule has 0 heterocycles. The summed E-state index contributed by atoms with van der Waals surface area (Å²) in [5.41, 5.74) is 11.0. The molecule has 0 aromatic carbocycles. The molecule has 0 saturated carbocycles. The monoisotopic (exact) mass is 100 g/mol. The van der Waals surface area contributed by atoms with Gasteiger partial charge >= 0.3 is 0 Å². The van der Waals surface area contributed by atoms with E-state index in [-0.39, 0.29) is 6.61 Å². The summed E-state index contributed by atoms with van der Waals surface area (Å²) in [7, 11) is 0. The van der Waals surface area contributed by atoms with Gasteiger partial charge in [0, 0.05) is 0 Å². The quantitative estimate of drug-likeness (QED) is 0.218. The van der Waals surface area contributed by atoms with Crippen LogP contribution in [0.4, 0.5) is 0 Å². The normalized spacial score (nSPS) is 4.00. The van der Waals surface area contributed by atoms with E-state index in [1.54, 1.807) is 0 Å². The van der Waals surface area contributed by atoms with Gasteiger partial charge in [-0.25, -0.2) is 0 Å². The third-order valence-electron chi connectivity index (χ3n) is 0.0913. The first kappa shape index (κ1) is 9.27. The molecule has 0 fully saturated rings. The molecule has 7 heavy (non-hydrogen) atoms. The van der Waals surface area contributed by atoms with Gasteiger partial charge in [0.25, 0.3) is 0 Å². The number of hydrogen-bond acceptors (Lipinski definition) is 3. The van der Waals surface area contributed by atoms with Crippen molar-refractivity contribution < 1.29 is 5.11 Å². The average molecular weight is 100 g/mol. The Hall–Kier alpha value is -1.17. The van der Waals surface area contributed by atoms with Crippen molar-refractivity contribution in [1.29, 1.82) is 11.1 Å². The van der Waals surface area contributed by atoms with Gasteiger partial charge in [-0.2, -0.15) is 0 Å². The van der Waals surface area contributed by atoms with Gasteiger partial charge in [-0.05, 0) is 0 Å². The van der Waals surface area contributed by atoms with E-state index in [0.29, 0.717) is 0 Å². The molecule has 4 heteroatoms. The molecule has 4 nitrogen and oxygen atoms in total. The predicted molar refractivity (Wildman–Crippen MR) is 23.5 cm³/mol. The number of aliphatic hydroxyl groups excluding tert-OH is 1. The largest absolute Gasteiger partial charge is 0.384 e. The van der Waals surface area contributed by atoms with Crippen LogP contribution >= 0.6 is 0 Å². The van der Waals surface area contributed by atoms with Gasteiger partial charge in [0.15, 0.2) is 0 Å². The van der Waals surface area contributed by atoms with Crippen LogP contribution < -0.4 is 4.91 Å². The third kappa shape index (κ3) is 1340. The van der Waals surface area contributed by atoms with E-state index >= 15 is 0 Å². The lowest BCUT2D eigenvalue weighted by Crippen LogP contribution is -1.64. The van der Waals surface area contributed by atoms with E-state index in [0.717, 1.165) is 0 Å². The zero-order valence-corrected chi connectivity index (χ0v) is 3.68. The minimum absolute atomic E-state index is 0.153. The number of hydrogen-bond donors (Lipinski definition) is 3. The SMILES string of the molecule is C#CCO.N=[N+]=N. The van der Waals surface area contributed by atoms with Crippen molar-refractivity contribution in [3.8, 4) is 12.3 Å². The maximum Gasteiger partial charge on any atom is 0.211 e. The van der Waals surface area contributed by atoms with Crippen molar-refractivity contribution in [2.75, 3.05) is 6.61 Å². The number of nitrogens with zero attached hydrogens (tertiary/aromatic N) is 1. The van der Waals surface area contributed by atoms with Crippen LogP contribution in [0.2, 0.25) is 0 Å². The van der Waals surface area contributed by atoms with Gasteiger partial charge in [-0.1, -0.05) is 5.92 Å². The zero-order valence-electron chi connectivity index (χ0n) is 3.68. The highest BCUT2D eigenvalue weighted by molar-refractivity contribution is 4.81. The molecule has 0 aromatic rings. The zero-order chi connectivity index (χ0) is 6.12. The lowest BCUT2D eigenvalue weighted by Gasteiger charge is -1.55. The summed E-state index contributed by atoms with van der Waals surface area (Å²) in [6.07, 6.45) is 4.53. The fourth-order valence-corrected chi connectivity index (χ4v) is 0. The minimum atomic E-state index is -0.153. The van der Waals surface area contributed by atoms with Crippen LogP contribution in [-0.4, -0.2) is 11.7 Å². The fraction of sp³-hybridized carbons (Fsp3) is 0.333. The standard InChI is InChI=1S/C3H4O.H2N3/c1-2-3-4;1-3-2/h1,4H,3H2;1-2H/q;+1. The Bertz CT molecular complexity index is 86.8. The van der Waals surface area contributed by atoms with E-state index < -0.39 is 0 Å². The van der Waals surface area contributed by atoms with Gasteiger partial charge < -0.3 is 5.11 Å². The summed E-state index contributed by atoms with van der Waals surface area (Å²) < 4.78 is 0. The summed E-state index contributed by atoms with van der Waals surface area (Å²) in [4.78, 5) is 2.00. The molecule has 38 valence electrons. The van der Waals surface area contributed by atoms with E-state index in [1.165, 1.54) is 0 Å². The Morgan fingerprint density at radius 1 is 1.71 bits per heavy atom. The van der Waals surface area contributed by atoms with Gasteiger partial charge in [0.05, 0.1) is 0 Å². The summed E-state index contributed by atoms with van der Waals surface area (Å²) in [5, 5.41) is 7.64. The number of terminal acetylenes is 1. The van der Waals surface area contributed by atoms with Crippen LogP contribution in [-0.2, 0) is 0 Å². The smallest absolute Gasteiger partial charge is 0.211 e. The first-order valence-corrected chi connectivity index (χ1v) is 1.41. The Morgan fingerprint density at radius 3 is 1.86 bits per heavy atom. The molecule has 0 unspecified atom stereocenters. The highest BCUT2D eigenvalue weighted by Crippen LogP contribution is 1.34. The molecule has 0 aliphatic rings. The predicted octanol–water partition coefficient (Wildman–Crippen LogP) is -0.273. The molecule has 0 radical (unpaired) electrons. The van der Waals surface area contributed by atoms with Crippen LogP contribution in [0.25, 0.3) is 0 Å². The highest BCUT2D eigenvalue weighted by Gasteiger charge is 1.43. The molecule has 3 N–H and O–H groups in total. The molecule has 0 rings (SSSR count). The third-order valence-corrected chi connectivity index (χ3v) is 0.0913. The van der Waals surface area contributed by atoms with E-state index in [1.807, 2.05) is 10.8 Å². The Morgan fingerprint density at radius 2 is 1.86 bits per heavy atom. The molecule has 0 bridgehead atoms. The summed E-state index contributed by atoms with van der Waals surface area (Å²) in [6.45, 7) is -0.153. The number of rotatable bonds is 0. The second kappa shape index (κ2) is 21.2. The van der Waals surface area contributed by atoms with Crippen molar-refractivity contribution in [2.45, 2.75) is 0 Å². The van der Waals surface area contributed by atoms with E-state index in [4.69, 9.17) is 16.2 Å². The molecule has 0 amide bonds. The lowest BCUT2D eigenvalue weighted by molar-refractivity contribution is 0.351. The molecule has 0 aliphatic carbocycles. The number of aliphatic hydroxyl groups is 1. The molecular formula is C3H6N3O+. The Balaban J connectivity index is 0. The van der Waals surface area contributed by atoms with E-state index in [9.17, 15) is 0 Å². The second-order valence-electron chi connectivity index (χ2n) is 0.474. The van der Waals surface area contributed by atoms with E-state index in [2.05, 4.69) is 6.42 Å². The van der Waals surface area contributed by atoms with Gasteiger partial charge in [0.2, 0.25) is 4.91 Å². The fourth-order valence-electron chi connectivity index (χ4n) is 0. The summed E-state index contributed by atoms with van der Waals surface area (Å²) in [6, 6.07) is 0. The van der Waals surface area contributed by atoms with Crippen LogP contribution in [0.15, 0.2) is 0 Å². The topological polar surface area (TPSA) is 82.0 Å².